The fourth-order valence-electron chi connectivity index (χ4n) is 2.93. The Bertz CT molecular complexity index is 1360. The van der Waals surface area contributed by atoms with Crippen molar-refractivity contribution < 1.29 is 22.7 Å². The highest BCUT2D eigenvalue weighted by Crippen LogP contribution is 2.28. The summed E-state index contributed by atoms with van der Waals surface area (Å²) in [7, 11) is -2.85. The largest absolute Gasteiger partial charge is 0.465 e. The van der Waals surface area contributed by atoms with Crippen LogP contribution in [0.15, 0.2) is 59.5 Å². The summed E-state index contributed by atoms with van der Waals surface area (Å²) in [5.74, 6) is -1.24. The van der Waals surface area contributed by atoms with Gasteiger partial charge in [0.2, 0.25) is 0 Å². The van der Waals surface area contributed by atoms with Gasteiger partial charge in [-0.15, -0.1) is 0 Å². The fraction of sp³-hybridized carbons (Fsp3) is 0.130. The summed E-state index contributed by atoms with van der Waals surface area (Å²) in [6.45, 7) is 3.78. The molecule has 1 amide bonds. The van der Waals surface area contributed by atoms with E-state index >= 15 is 0 Å². The van der Waals surface area contributed by atoms with Gasteiger partial charge in [0.05, 0.1) is 28.4 Å². The topological polar surface area (TPSA) is 102 Å². The van der Waals surface area contributed by atoms with Gasteiger partial charge >= 0.3 is 5.97 Å². The molecule has 172 valence electrons. The molecule has 0 aliphatic heterocycles. The minimum absolute atomic E-state index is 0.0272. The molecule has 0 aromatic heterocycles. The van der Waals surface area contributed by atoms with Crippen LogP contribution in [0.1, 0.15) is 31.8 Å². The number of benzene rings is 3. The van der Waals surface area contributed by atoms with Gasteiger partial charge in [0.1, 0.15) is 4.90 Å². The molecule has 0 fully saturated rings. The lowest BCUT2D eigenvalue weighted by Gasteiger charge is -2.13. The SMILES string of the molecule is COC(=O)c1ccc(Cl)c(NC(=O)c2ccc(Cl)c(S(=O)(=O)Nc3ccc(C)c(C)c3)c2)c1. The molecule has 0 saturated carbocycles. The first-order valence-electron chi connectivity index (χ1n) is 9.60. The number of methoxy groups -OCH3 is 1. The van der Waals surface area contributed by atoms with Crippen LogP contribution >= 0.6 is 23.2 Å². The highest BCUT2D eigenvalue weighted by molar-refractivity contribution is 7.92. The lowest BCUT2D eigenvalue weighted by atomic mass is 10.1. The van der Waals surface area contributed by atoms with Crippen LogP contribution in [0.2, 0.25) is 10.0 Å². The Morgan fingerprint density at radius 1 is 0.848 bits per heavy atom. The molecule has 0 bridgehead atoms. The van der Waals surface area contributed by atoms with Crippen LogP contribution in [0.3, 0.4) is 0 Å². The van der Waals surface area contributed by atoms with E-state index in [1.165, 1.54) is 43.5 Å². The van der Waals surface area contributed by atoms with Crippen LogP contribution in [0.25, 0.3) is 0 Å². The molecule has 3 aromatic rings. The third-order valence-corrected chi connectivity index (χ3v) is 7.07. The maximum atomic E-state index is 13.0. The average molecular weight is 507 g/mol. The van der Waals surface area contributed by atoms with E-state index in [4.69, 9.17) is 23.2 Å². The van der Waals surface area contributed by atoms with E-state index in [9.17, 15) is 18.0 Å². The Balaban J connectivity index is 1.90. The van der Waals surface area contributed by atoms with E-state index in [1.807, 2.05) is 13.8 Å². The second-order valence-corrected chi connectivity index (χ2v) is 9.66. The van der Waals surface area contributed by atoms with Gasteiger partial charge in [-0.25, -0.2) is 13.2 Å². The molecule has 0 spiro atoms. The monoisotopic (exact) mass is 506 g/mol. The minimum Gasteiger partial charge on any atom is -0.465 e. The first kappa shape index (κ1) is 24.6. The number of hydrogen-bond acceptors (Lipinski definition) is 5. The molecule has 0 unspecified atom stereocenters. The number of amides is 1. The van der Waals surface area contributed by atoms with Gasteiger partial charge in [-0.1, -0.05) is 29.3 Å². The van der Waals surface area contributed by atoms with Crippen molar-refractivity contribution in [3.8, 4) is 0 Å². The quantitative estimate of drug-likeness (QED) is 0.432. The molecule has 0 heterocycles. The van der Waals surface area contributed by atoms with Crippen molar-refractivity contribution in [1.82, 2.24) is 0 Å². The van der Waals surface area contributed by atoms with Crippen LogP contribution in [-0.4, -0.2) is 27.4 Å². The van der Waals surface area contributed by atoms with E-state index in [-0.39, 0.29) is 31.8 Å². The number of esters is 1. The third kappa shape index (κ3) is 5.65. The number of anilines is 2. The lowest BCUT2D eigenvalue weighted by Crippen LogP contribution is -2.17. The molecular formula is C23H20Cl2N2O5S. The molecule has 0 aliphatic carbocycles. The normalized spacial score (nSPS) is 11.1. The van der Waals surface area contributed by atoms with Gasteiger partial charge < -0.3 is 10.1 Å². The molecule has 7 nitrogen and oxygen atoms in total. The minimum atomic E-state index is -4.08. The van der Waals surface area contributed by atoms with Gasteiger partial charge in [-0.2, -0.15) is 0 Å². The van der Waals surface area contributed by atoms with Gasteiger partial charge in [-0.3, -0.25) is 9.52 Å². The van der Waals surface area contributed by atoms with E-state index in [0.717, 1.165) is 11.1 Å². The summed E-state index contributed by atoms with van der Waals surface area (Å²) in [6, 6.07) is 13.3. The predicted octanol–water partition coefficient (Wildman–Crippen LogP) is 5.45. The van der Waals surface area contributed by atoms with Crippen molar-refractivity contribution >= 4 is 56.5 Å². The van der Waals surface area contributed by atoms with Crippen LogP contribution in [0.4, 0.5) is 11.4 Å². The maximum absolute atomic E-state index is 13.0. The smallest absolute Gasteiger partial charge is 0.337 e. The Kier molecular flexibility index (Phi) is 7.31. The zero-order chi connectivity index (χ0) is 24.3. The Morgan fingerprint density at radius 2 is 1.52 bits per heavy atom. The summed E-state index contributed by atoms with van der Waals surface area (Å²) in [4.78, 5) is 24.3. The van der Waals surface area contributed by atoms with Gasteiger partial charge in [0.15, 0.2) is 0 Å². The summed E-state index contributed by atoms with van der Waals surface area (Å²) >= 11 is 12.3. The van der Waals surface area contributed by atoms with E-state index in [1.54, 1.807) is 18.2 Å². The summed E-state index contributed by atoms with van der Waals surface area (Å²) in [6.07, 6.45) is 0. The number of aryl methyl sites for hydroxylation is 2. The standard InChI is InChI=1S/C23H20Cl2N2O5S/c1-13-4-7-17(10-14(13)2)27-33(30,31)21-12-15(5-9-19(21)25)22(28)26-20-11-16(23(29)32-3)6-8-18(20)24/h4-12,27H,1-3H3,(H,26,28). The maximum Gasteiger partial charge on any atom is 0.337 e. The third-order valence-electron chi connectivity index (χ3n) is 4.88. The van der Waals surface area contributed by atoms with E-state index in [0.29, 0.717) is 5.69 Å². The number of hydrogen-bond donors (Lipinski definition) is 2. The van der Waals surface area contributed by atoms with E-state index in [2.05, 4.69) is 14.8 Å². The molecule has 2 N–H and O–H groups in total. The first-order valence-corrected chi connectivity index (χ1v) is 11.8. The Hall–Kier alpha value is -3.07. The van der Waals surface area contributed by atoms with Gasteiger partial charge in [0, 0.05) is 11.3 Å². The highest BCUT2D eigenvalue weighted by atomic mass is 35.5. The van der Waals surface area contributed by atoms with Gasteiger partial charge in [-0.05, 0) is 73.5 Å². The lowest BCUT2D eigenvalue weighted by molar-refractivity contribution is 0.0600. The van der Waals surface area contributed by atoms with Crippen molar-refractivity contribution in [2.75, 3.05) is 17.1 Å². The van der Waals surface area contributed by atoms with Crippen molar-refractivity contribution in [3.05, 3.63) is 86.9 Å². The van der Waals surface area contributed by atoms with Crippen molar-refractivity contribution in [1.29, 1.82) is 0 Å². The number of carbonyl (C=O) groups excluding carboxylic acids is 2. The molecule has 0 atom stereocenters. The summed E-state index contributed by atoms with van der Waals surface area (Å²) in [5, 5.41) is 2.71. The number of rotatable bonds is 6. The second-order valence-electron chi connectivity index (χ2n) is 7.19. The summed E-state index contributed by atoms with van der Waals surface area (Å²) < 4.78 is 33.1. The van der Waals surface area contributed by atoms with Crippen molar-refractivity contribution in [2.24, 2.45) is 0 Å². The molecule has 3 rings (SSSR count). The molecule has 0 saturated heterocycles. The Labute approximate surface area is 201 Å². The number of sulfonamides is 1. The second kappa shape index (κ2) is 9.82. The molecule has 0 aliphatic rings. The number of carbonyl (C=O) groups is 2. The molecule has 3 aromatic carbocycles. The van der Waals surface area contributed by atoms with Crippen LogP contribution in [0.5, 0.6) is 0 Å². The van der Waals surface area contributed by atoms with Crippen LogP contribution in [-0.2, 0) is 14.8 Å². The fourth-order valence-corrected chi connectivity index (χ4v) is 4.67. The average Bonchev–Trinajstić information content (AvgIpc) is 2.77. The molecule has 33 heavy (non-hydrogen) atoms. The molecule has 10 heteroatoms. The highest BCUT2D eigenvalue weighted by Gasteiger charge is 2.21. The first-order chi connectivity index (χ1) is 15.5. The van der Waals surface area contributed by atoms with Crippen molar-refractivity contribution in [3.63, 3.8) is 0 Å². The van der Waals surface area contributed by atoms with Crippen LogP contribution < -0.4 is 10.0 Å². The number of nitrogens with one attached hydrogen (secondary N) is 2. The zero-order valence-electron chi connectivity index (χ0n) is 17.9. The Morgan fingerprint density at radius 3 is 2.18 bits per heavy atom. The number of halogens is 2. The zero-order valence-corrected chi connectivity index (χ0v) is 20.2. The molecular weight excluding hydrogens is 487 g/mol. The number of ether oxygens (including phenoxy) is 1. The summed E-state index contributed by atoms with van der Waals surface area (Å²) in [5.41, 5.74) is 2.69. The molecule has 0 radical (unpaired) electrons. The van der Waals surface area contributed by atoms with Gasteiger partial charge in [0.25, 0.3) is 15.9 Å². The van der Waals surface area contributed by atoms with Crippen LogP contribution in [0, 0.1) is 13.8 Å². The predicted molar refractivity (Wildman–Crippen MR) is 129 cm³/mol. The van der Waals surface area contributed by atoms with E-state index < -0.39 is 21.9 Å². The van der Waals surface area contributed by atoms with Crippen molar-refractivity contribution in [2.45, 2.75) is 18.7 Å².